The fraction of sp³-hybridized carbons (Fsp3) is 0.857. The van der Waals surface area contributed by atoms with Crippen LogP contribution in [0.25, 0.3) is 0 Å². The molecule has 0 bridgehead atoms. The van der Waals surface area contributed by atoms with Gasteiger partial charge in [0.05, 0.1) is 11.5 Å². The lowest BCUT2D eigenvalue weighted by molar-refractivity contribution is -0.108. The summed E-state index contributed by atoms with van der Waals surface area (Å²) in [6.07, 6.45) is 2.74. The zero-order valence-electron chi connectivity index (χ0n) is 6.32. The van der Waals surface area contributed by atoms with Crippen molar-refractivity contribution < 1.29 is 13.2 Å². The Balaban J connectivity index is 2.42. The van der Waals surface area contributed by atoms with Gasteiger partial charge in [0.1, 0.15) is 16.1 Å². The van der Waals surface area contributed by atoms with Crippen molar-refractivity contribution in [3.63, 3.8) is 0 Å². The molecule has 0 aliphatic carbocycles. The highest BCUT2D eigenvalue weighted by Gasteiger charge is 2.22. The lowest BCUT2D eigenvalue weighted by atomic mass is 10.0. The van der Waals surface area contributed by atoms with E-state index in [-0.39, 0.29) is 11.5 Å². The van der Waals surface area contributed by atoms with E-state index in [0.29, 0.717) is 25.2 Å². The molecule has 4 heteroatoms. The molecule has 1 aliphatic heterocycles. The molecule has 1 heterocycles. The van der Waals surface area contributed by atoms with Crippen LogP contribution in [0.3, 0.4) is 0 Å². The van der Waals surface area contributed by atoms with Gasteiger partial charge in [-0.25, -0.2) is 8.42 Å². The Morgan fingerprint density at radius 2 is 1.82 bits per heavy atom. The molecule has 0 aromatic carbocycles. The maximum absolute atomic E-state index is 10.9. The molecule has 3 nitrogen and oxygen atoms in total. The average molecular weight is 176 g/mol. The smallest absolute Gasteiger partial charge is 0.150 e. The lowest BCUT2D eigenvalue weighted by Gasteiger charge is -2.19. The monoisotopic (exact) mass is 176 g/mol. The molecule has 0 unspecified atom stereocenters. The maximum atomic E-state index is 10.9. The van der Waals surface area contributed by atoms with E-state index in [1.165, 1.54) is 0 Å². The number of carbonyl (C=O) groups is 1. The van der Waals surface area contributed by atoms with Crippen LogP contribution in [0.2, 0.25) is 0 Å². The first-order valence-electron chi connectivity index (χ1n) is 3.78. The van der Waals surface area contributed by atoms with Crippen LogP contribution in [0.4, 0.5) is 0 Å². The summed E-state index contributed by atoms with van der Waals surface area (Å²) in [7, 11) is -2.75. The lowest BCUT2D eigenvalue weighted by Crippen LogP contribution is -2.23. The third-order valence-electron chi connectivity index (χ3n) is 2.10. The third-order valence-corrected chi connectivity index (χ3v) is 3.82. The maximum Gasteiger partial charge on any atom is 0.150 e. The molecule has 0 spiro atoms. The summed E-state index contributed by atoms with van der Waals surface area (Å²) in [5.74, 6) is 0.854. The van der Waals surface area contributed by atoms with Crippen molar-refractivity contribution in [2.75, 3.05) is 11.5 Å². The van der Waals surface area contributed by atoms with Crippen LogP contribution in [0.5, 0.6) is 0 Å². The number of sulfone groups is 1. The largest absolute Gasteiger partial charge is 0.303 e. The van der Waals surface area contributed by atoms with Gasteiger partial charge in [-0.05, 0) is 18.8 Å². The first-order valence-corrected chi connectivity index (χ1v) is 5.60. The minimum Gasteiger partial charge on any atom is -0.303 e. The highest BCUT2D eigenvalue weighted by atomic mass is 32.2. The summed E-state index contributed by atoms with van der Waals surface area (Å²) in [5, 5.41) is 0. The molecule has 1 aliphatic rings. The predicted octanol–water partition coefficient (Wildman–Crippen LogP) is 0.400. The van der Waals surface area contributed by atoms with Crippen LogP contribution in [-0.2, 0) is 14.6 Å². The summed E-state index contributed by atoms with van der Waals surface area (Å²) < 4.78 is 21.8. The molecule has 1 rings (SSSR count). The van der Waals surface area contributed by atoms with Gasteiger partial charge in [0.25, 0.3) is 0 Å². The quantitative estimate of drug-likeness (QED) is 0.572. The molecule has 64 valence electrons. The van der Waals surface area contributed by atoms with Crippen molar-refractivity contribution in [2.45, 2.75) is 19.3 Å². The van der Waals surface area contributed by atoms with Crippen LogP contribution in [0, 0.1) is 5.92 Å². The van der Waals surface area contributed by atoms with Gasteiger partial charge in [0, 0.05) is 6.42 Å². The summed E-state index contributed by atoms with van der Waals surface area (Å²) >= 11 is 0. The summed E-state index contributed by atoms with van der Waals surface area (Å²) in [6.45, 7) is 0. The van der Waals surface area contributed by atoms with E-state index in [9.17, 15) is 13.2 Å². The van der Waals surface area contributed by atoms with Gasteiger partial charge in [-0.2, -0.15) is 0 Å². The number of rotatable bonds is 2. The van der Waals surface area contributed by atoms with Crippen LogP contribution >= 0.6 is 0 Å². The molecule has 11 heavy (non-hydrogen) atoms. The third kappa shape index (κ3) is 2.61. The predicted molar refractivity (Wildman–Crippen MR) is 42.1 cm³/mol. The Kier molecular flexibility index (Phi) is 2.65. The van der Waals surface area contributed by atoms with Crippen LogP contribution in [0.15, 0.2) is 0 Å². The first-order chi connectivity index (χ1) is 5.14. The second-order valence-corrected chi connectivity index (χ2v) is 5.30. The zero-order valence-corrected chi connectivity index (χ0v) is 7.14. The molecule has 0 N–H and O–H groups in total. The second-order valence-electron chi connectivity index (χ2n) is 3.00. The second kappa shape index (κ2) is 3.34. The van der Waals surface area contributed by atoms with E-state index in [1.807, 2.05) is 0 Å². The molecule has 0 saturated carbocycles. The van der Waals surface area contributed by atoms with E-state index in [4.69, 9.17) is 0 Å². The topological polar surface area (TPSA) is 51.2 Å². The molecular formula is C7H12O3S. The fourth-order valence-electron chi connectivity index (χ4n) is 1.31. The van der Waals surface area contributed by atoms with Crippen molar-refractivity contribution in [3.8, 4) is 0 Å². The Morgan fingerprint density at radius 3 is 2.27 bits per heavy atom. The fourth-order valence-corrected chi connectivity index (χ4v) is 2.90. The van der Waals surface area contributed by atoms with E-state index in [1.54, 1.807) is 0 Å². The SMILES string of the molecule is O=CCC1CCS(=O)(=O)CC1. The van der Waals surface area contributed by atoms with Gasteiger partial charge in [0.2, 0.25) is 0 Å². The van der Waals surface area contributed by atoms with E-state index in [2.05, 4.69) is 0 Å². The Bertz CT molecular complexity index is 216. The number of carbonyl (C=O) groups excluding carboxylic acids is 1. The number of hydrogen-bond donors (Lipinski definition) is 0. The van der Waals surface area contributed by atoms with Gasteiger partial charge in [-0.3, -0.25) is 0 Å². The molecule has 0 radical (unpaired) electrons. The summed E-state index contributed by atoms with van der Waals surface area (Å²) in [5.41, 5.74) is 0. The standard InChI is InChI=1S/C7H12O3S/c8-4-1-7-2-5-11(9,10)6-3-7/h4,7H,1-3,5-6H2. The Labute approximate surface area is 66.7 Å². The van der Waals surface area contributed by atoms with Crippen LogP contribution < -0.4 is 0 Å². The van der Waals surface area contributed by atoms with Gasteiger partial charge >= 0.3 is 0 Å². The van der Waals surface area contributed by atoms with Crippen LogP contribution in [0.1, 0.15) is 19.3 Å². The summed E-state index contributed by atoms with van der Waals surface area (Å²) in [6, 6.07) is 0. The minimum atomic E-state index is -2.75. The molecule has 0 aromatic heterocycles. The van der Waals surface area contributed by atoms with Crippen LogP contribution in [-0.4, -0.2) is 26.2 Å². The van der Waals surface area contributed by atoms with Crippen molar-refractivity contribution in [2.24, 2.45) is 5.92 Å². The van der Waals surface area contributed by atoms with Crippen molar-refractivity contribution >= 4 is 16.1 Å². The first kappa shape index (κ1) is 8.71. The zero-order chi connectivity index (χ0) is 8.32. The molecule has 0 atom stereocenters. The summed E-state index contributed by atoms with van der Waals surface area (Å²) in [4.78, 5) is 10.1. The molecule has 1 fully saturated rings. The van der Waals surface area contributed by atoms with E-state index < -0.39 is 9.84 Å². The van der Waals surface area contributed by atoms with Crippen molar-refractivity contribution in [3.05, 3.63) is 0 Å². The molecule has 0 amide bonds. The van der Waals surface area contributed by atoms with Gasteiger partial charge in [-0.1, -0.05) is 0 Å². The molecular weight excluding hydrogens is 164 g/mol. The van der Waals surface area contributed by atoms with Crippen molar-refractivity contribution in [1.29, 1.82) is 0 Å². The Morgan fingerprint density at radius 1 is 1.27 bits per heavy atom. The number of hydrogen-bond acceptors (Lipinski definition) is 3. The van der Waals surface area contributed by atoms with Gasteiger partial charge < -0.3 is 4.79 Å². The van der Waals surface area contributed by atoms with Crippen molar-refractivity contribution in [1.82, 2.24) is 0 Å². The minimum absolute atomic E-state index is 0.269. The van der Waals surface area contributed by atoms with Gasteiger partial charge in [0.15, 0.2) is 0 Å². The van der Waals surface area contributed by atoms with E-state index in [0.717, 1.165) is 6.29 Å². The Hall–Kier alpha value is -0.380. The van der Waals surface area contributed by atoms with Gasteiger partial charge in [-0.15, -0.1) is 0 Å². The van der Waals surface area contributed by atoms with E-state index >= 15 is 0 Å². The molecule has 0 aromatic rings. The number of aldehydes is 1. The highest BCUT2D eigenvalue weighted by molar-refractivity contribution is 7.91. The highest BCUT2D eigenvalue weighted by Crippen LogP contribution is 2.20. The average Bonchev–Trinajstić information content (AvgIpc) is 1.94. The normalized spacial score (nSPS) is 24.7. The molecule has 1 saturated heterocycles.